The summed E-state index contributed by atoms with van der Waals surface area (Å²) < 4.78 is 42.4. The summed E-state index contributed by atoms with van der Waals surface area (Å²) in [6, 6.07) is 1.19. The van der Waals surface area contributed by atoms with Crippen molar-refractivity contribution in [2.24, 2.45) is 0 Å². The Labute approximate surface area is 108 Å². The Morgan fingerprint density at radius 1 is 1.53 bits per heavy atom. The topological polar surface area (TPSA) is 47.4 Å². The quantitative estimate of drug-likeness (QED) is 0.765. The van der Waals surface area contributed by atoms with Gasteiger partial charge in [-0.1, -0.05) is 0 Å². The lowest BCUT2D eigenvalue weighted by molar-refractivity contribution is 0.121. The summed E-state index contributed by atoms with van der Waals surface area (Å²) in [5.41, 5.74) is -0.201. The Hall–Kier alpha value is -1.51. The number of hydrogen-bond acceptors (Lipinski definition) is 4. The summed E-state index contributed by atoms with van der Waals surface area (Å²) >= 11 is 0. The summed E-state index contributed by atoms with van der Waals surface area (Å²) in [5.74, 6) is 0. The highest BCUT2D eigenvalue weighted by Crippen LogP contribution is 2.19. The number of nitrogens with zero attached hydrogens (tertiary/aromatic N) is 3. The zero-order chi connectivity index (χ0) is 14.0. The third-order valence-electron chi connectivity index (χ3n) is 3.08. The van der Waals surface area contributed by atoms with Gasteiger partial charge < -0.3 is 22.6 Å². The van der Waals surface area contributed by atoms with Crippen molar-refractivity contribution in [3.05, 3.63) is 22.6 Å². The second-order valence-electron chi connectivity index (χ2n) is 4.54. The predicted molar refractivity (Wildman–Crippen MR) is 65.2 cm³/mol. The Morgan fingerprint density at radius 2 is 2.26 bits per heavy atom. The lowest BCUT2D eigenvalue weighted by Crippen LogP contribution is -2.34. The predicted octanol–water partition coefficient (Wildman–Crippen LogP) is 0.855. The van der Waals surface area contributed by atoms with E-state index in [9.17, 15) is 17.7 Å². The molecular weight excluding hydrogens is 262 g/mol. The van der Waals surface area contributed by atoms with Gasteiger partial charge in [0.1, 0.15) is 0 Å². The molecule has 1 aliphatic heterocycles. The van der Waals surface area contributed by atoms with E-state index in [4.69, 9.17) is 4.74 Å². The fraction of sp³-hybridized carbons (Fsp3) is 0.600. The molecule has 2 rings (SSSR count). The van der Waals surface area contributed by atoms with Gasteiger partial charge in [-0.15, -0.1) is 0 Å². The van der Waals surface area contributed by atoms with Gasteiger partial charge >= 0.3 is 6.98 Å². The molecule has 0 bridgehead atoms. The monoisotopic (exact) mass is 276 g/mol. The van der Waals surface area contributed by atoms with Crippen molar-refractivity contribution in [3.63, 3.8) is 0 Å². The van der Waals surface area contributed by atoms with Crippen LogP contribution in [0.15, 0.2) is 17.1 Å². The number of ether oxygens (including phenoxy) is 1. The van der Waals surface area contributed by atoms with Crippen LogP contribution in [0.1, 0.15) is 6.42 Å². The largest absolute Gasteiger partial charge is 0.499 e. The molecule has 1 atom stereocenters. The fourth-order valence-corrected chi connectivity index (χ4v) is 2.09. The molecule has 1 aliphatic rings. The van der Waals surface area contributed by atoms with Gasteiger partial charge in [0.25, 0.3) is 5.56 Å². The highest BCUT2D eigenvalue weighted by molar-refractivity contribution is 6.57. The van der Waals surface area contributed by atoms with Crippen LogP contribution in [0, 0.1) is 0 Å². The second kappa shape index (κ2) is 5.24. The SMILES string of the molecule is COC1CCN(c2cnn(C[B-](F)(F)F)c(=O)c2)C1. The number of anilines is 1. The average molecular weight is 276 g/mol. The minimum atomic E-state index is -5.07. The second-order valence-corrected chi connectivity index (χ2v) is 4.54. The molecule has 0 aliphatic carbocycles. The molecule has 19 heavy (non-hydrogen) atoms. The van der Waals surface area contributed by atoms with Crippen LogP contribution in [0.3, 0.4) is 0 Å². The van der Waals surface area contributed by atoms with E-state index in [1.807, 2.05) is 4.90 Å². The maximum atomic E-state index is 12.3. The Morgan fingerprint density at radius 3 is 2.79 bits per heavy atom. The van der Waals surface area contributed by atoms with Crippen molar-refractivity contribution < 1.29 is 17.7 Å². The standard InChI is InChI=1S/C10H14BF3N3O2/c1-19-9-2-3-16(6-9)8-4-10(18)17(15-5-8)7-11(12,13)14/h4-5,9H,2-3,6-7H2,1H3/q-1. The van der Waals surface area contributed by atoms with E-state index in [-0.39, 0.29) is 6.10 Å². The first-order chi connectivity index (χ1) is 8.89. The first-order valence-corrected chi connectivity index (χ1v) is 5.95. The molecule has 1 aromatic rings. The van der Waals surface area contributed by atoms with Crippen LogP contribution >= 0.6 is 0 Å². The molecule has 0 amide bonds. The molecule has 9 heteroatoms. The number of methoxy groups -OCH3 is 1. The average Bonchev–Trinajstić information content (AvgIpc) is 2.79. The summed E-state index contributed by atoms with van der Waals surface area (Å²) in [5, 5.41) is 3.58. The van der Waals surface area contributed by atoms with Crippen molar-refractivity contribution in [2.45, 2.75) is 19.0 Å². The van der Waals surface area contributed by atoms with Gasteiger partial charge in [0.15, 0.2) is 0 Å². The zero-order valence-electron chi connectivity index (χ0n) is 10.4. The fourth-order valence-electron chi connectivity index (χ4n) is 2.09. The molecule has 0 N–H and O–H groups in total. The number of hydrogen-bond donors (Lipinski definition) is 0. The van der Waals surface area contributed by atoms with Crippen LogP contribution in [0.4, 0.5) is 18.6 Å². The van der Waals surface area contributed by atoms with Crippen molar-refractivity contribution in [3.8, 4) is 0 Å². The van der Waals surface area contributed by atoms with Gasteiger partial charge in [0.2, 0.25) is 0 Å². The van der Waals surface area contributed by atoms with E-state index >= 15 is 0 Å². The molecule has 106 valence electrons. The number of aromatic nitrogens is 2. The van der Waals surface area contributed by atoms with Crippen molar-refractivity contribution in [1.82, 2.24) is 9.78 Å². The van der Waals surface area contributed by atoms with Gasteiger partial charge in [-0.2, -0.15) is 5.10 Å². The first-order valence-electron chi connectivity index (χ1n) is 5.95. The Bertz CT molecular complexity index is 506. The molecule has 0 saturated carbocycles. The van der Waals surface area contributed by atoms with E-state index in [1.54, 1.807) is 7.11 Å². The van der Waals surface area contributed by atoms with Gasteiger partial charge in [0.05, 0.1) is 18.0 Å². The van der Waals surface area contributed by atoms with E-state index < -0.39 is 19.0 Å². The summed E-state index contributed by atoms with van der Waals surface area (Å²) in [7, 11) is 1.61. The van der Waals surface area contributed by atoms with Crippen LogP contribution in [-0.2, 0) is 11.2 Å². The van der Waals surface area contributed by atoms with Crippen LogP contribution in [0.5, 0.6) is 0 Å². The molecule has 0 spiro atoms. The normalized spacial score (nSPS) is 20.0. The van der Waals surface area contributed by atoms with E-state index in [1.165, 1.54) is 12.3 Å². The minimum Gasteiger partial charge on any atom is -0.448 e. The Kier molecular flexibility index (Phi) is 3.84. The zero-order valence-corrected chi connectivity index (χ0v) is 10.4. The van der Waals surface area contributed by atoms with Gasteiger partial charge in [0, 0.05) is 32.7 Å². The van der Waals surface area contributed by atoms with E-state index in [0.29, 0.717) is 23.5 Å². The van der Waals surface area contributed by atoms with Crippen LogP contribution in [-0.4, -0.2) is 43.1 Å². The van der Waals surface area contributed by atoms with Crippen molar-refractivity contribution in [1.29, 1.82) is 0 Å². The van der Waals surface area contributed by atoms with Crippen molar-refractivity contribution in [2.75, 3.05) is 25.1 Å². The Balaban J connectivity index is 2.13. The van der Waals surface area contributed by atoms with Crippen molar-refractivity contribution >= 4 is 12.7 Å². The van der Waals surface area contributed by atoms with Gasteiger partial charge in [-0.3, -0.25) is 9.48 Å². The smallest absolute Gasteiger partial charge is 0.448 e. The van der Waals surface area contributed by atoms with Crippen LogP contribution < -0.4 is 10.5 Å². The third kappa shape index (κ3) is 3.49. The van der Waals surface area contributed by atoms with Gasteiger partial charge in [-0.25, -0.2) is 0 Å². The molecule has 5 nitrogen and oxygen atoms in total. The molecular formula is C10H14BF3N3O2-. The number of halogens is 3. The lowest BCUT2D eigenvalue weighted by atomic mass is 9.93. The van der Waals surface area contributed by atoms with Crippen LogP contribution in [0.2, 0.25) is 0 Å². The molecule has 2 heterocycles. The molecule has 1 unspecified atom stereocenters. The highest BCUT2D eigenvalue weighted by atomic mass is 19.4. The van der Waals surface area contributed by atoms with Gasteiger partial charge in [-0.05, 0) is 6.42 Å². The van der Waals surface area contributed by atoms with E-state index in [2.05, 4.69) is 5.10 Å². The third-order valence-corrected chi connectivity index (χ3v) is 3.08. The molecule has 1 aromatic heterocycles. The maximum Gasteiger partial charge on any atom is 0.499 e. The maximum absolute atomic E-state index is 12.3. The molecule has 1 saturated heterocycles. The molecule has 1 fully saturated rings. The molecule has 0 radical (unpaired) electrons. The van der Waals surface area contributed by atoms with E-state index in [0.717, 1.165) is 6.42 Å². The summed E-state index contributed by atoms with van der Waals surface area (Å²) in [4.78, 5) is 13.5. The number of rotatable bonds is 4. The van der Waals surface area contributed by atoms with Crippen LogP contribution in [0.25, 0.3) is 0 Å². The summed E-state index contributed by atoms with van der Waals surface area (Å²) in [6.45, 7) is -3.75. The first kappa shape index (κ1) is 13.9. The summed E-state index contributed by atoms with van der Waals surface area (Å²) in [6.07, 6.45) is 0.896. The minimum absolute atomic E-state index is 0.0842. The lowest BCUT2D eigenvalue weighted by Gasteiger charge is -2.19. The molecule has 0 aromatic carbocycles. The highest BCUT2D eigenvalue weighted by Gasteiger charge is 2.26.